The summed E-state index contributed by atoms with van der Waals surface area (Å²) in [6.45, 7) is 2.24. The van der Waals surface area contributed by atoms with E-state index in [1.54, 1.807) is 6.07 Å². The summed E-state index contributed by atoms with van der Waals surface area (Å²) in [5, 5.41) is 12.0. The van der Waals surface area contributed by atoms with Gasteiger partial charge in [0.2, 0.25) is 5.76 Å². The van der Waals surface area contributed by atoms with E-state index in [2.05, 4.69) is 12.2 Å². The van der Waals surface area contributed by atoms with E-state index in [0.29, 0.717) is 11.9 Å². The molecule has 0 bridgehead atoms. The first-order chi connectivity index (χ1) is 8.19. The second-order valence-electron chi connectivity index (χ2n) is 4.74. The van der Waals surface area contributed by atoms with Crippen molar-refractivity contribution in [3.63, 3.8) is 0 Å². The van der Waals surface area contributed by atoms with E-state index in [9.17, 15) is 4.79 Å². The van der Waals surface area contributed by atoms with Gasteiger partial charge in [0.25, 0.3) is 0 Å². The van der Waals surface area contributed by atoms with Gasteiger partial charge in [-0.2, -0.15) is 0 Å². The Balaban J connectivity index is 1.86. The van der Waals surface area contributed by atoms with Crippen LogP contribution in [0.25, 0.3) is 0 Å². The fourth-order valence-corrected chi connectivity index (χ4v) is 2.45. The molecule has 94 valence electrons. The van der Waals surface area contributed by atoms with Gasteiger partial charge in [-0.3, -0.25) is 0 Å². The van der Waals surface area contributed by atoms with Gasteiger partial charge in [0, 0.05) is 12.1 Å². The second kappa shape index (κ2) is 5.25. The van der Waals surface area contributed by atoms with Crippen molar-refractivity contribution in [1.82, 2.24) is 0 Å². The summed E-state index contributed by atoms with van der Waals surface area (Å²) < 4.78 is 5.19. The number of hydrogen-bond donors (Lipinski definition) is 2. The van der Waals surface area contributed by atoms with E-state index >= 15 is 0 Å². The lowest BCUT2D eigenvalue weighted by Gasteiger charge is -2.28. The van der Waals surface area contributed by atoms with Crippen molar-refractivity contribution < 1.29 is 14.3 Å². The van der Waals surface area contributed by atoms with Crippen molar-refractivity contribution in [3.05, 3.63) is 17.9 Å². The maximum atomic E-state index is 10.7. The molecule has 0 aliphatic heterocycles. The minimum atomic E-state index is -1.02. The molecule has 1 aliphatic rings. The SMILES string of the molecule is CCC1CCC(Nc2ccc(C(=O)O)o2)CC1. The highest BCUT2D eigenvalue weighted by molar-refractivity contribution is 5.84. The lowest BCUT2D eigenvalue weighted by atomic mass is 9.84. The van der Waals surface area contributed by atoms with Crippen molar-refractivity contribution in [2.75, 3.05) is 5.32 Å². The first-order valence-electron chi connectivity index (χ1n) is 6.28. The van der Waals surface area contributed by atoms with Gasteiger partial charge >= 0.3 is 5.97 Å². The number of carbonyl (C=O) groups is 1. The lowest BCUT2D eigenvalue weighted by molar-refractivity contribution is 0.0663. The monoisotopic (exact) mass is 237 g/mol. The average molecular weight is 237 g/mol. The van der Waals surface area contributed by atoms with Gasteiger partial charge in [-0.05, 0) is 37.7 Å². The maximum Gasteiger partial charge on any atom is 0.371 e. The molecule has 1 saturated carbocycles. The van der Waals surface area contributed by atoms with Crippen LogP contribution in [-0.4, -0.2) is 17.1 Å². The van der Waals surface area contributed by atoms with Crippen LogP contribution < -0.4 is 5.32 Å². The van der Waals surface area contributed by atoms with Crippen molar-refractivity contribution in [1.29, 1.82) is 0 Å². The molecule has 1 aromatic rings. The Morgan fingerprint density at radius 2 is 2.12 bits per heavy atom. The normalized spacial score (nSPS) is 24.5. The van der Waals surface area contributed by atoms with Crippen molar-refractivity contribution >= 4 is 11.9 Å². The van der Waals surface area contributed by atoms with Crippen LogP contribution in [0, 0.1) is 5.92 Å². The van der Waals surface area contributed by atoms with Gasteiger partial charge in [0.15, 0.2) is 5.88 Å². The standard InChI is InChI=1S/C13H19NO3/c1-2-9-3-5-10(6-4-9)14-12-8-7-11(17-12)13(15)16/h7-10,14H,2-6H2,1H3,(H,15,16). The molecule has 0 radical (unpaired) electrons. The minimum Gasteiger partial charge on any atom is -0.475 e. The fourth-order valence-electron chi connectivity index (χ4n) is 2.45. The summed E-state index contributed by atoms with van der Waals surface area (Å²) in [5.74, 6) is 0.407. The third-order valence-electron chi connectivity index (χ3n) is 3.59. The molecular formula is C13H19NO3. The highest BCUT2D eigenvalue weighted by atomic mass is 16.4. The number of aromatic carboxylic acids is 1. The van der Waals surface area contributed by atoms with Gasteiger partial charge in [-0.25, -0.2) is 4.79 Å². The molecule has 1 aliphatic carbocycles. The summed E-state index contributed by atoms with van der Waals surface area (Å²) in [6.07, 6.45) is 6.04. The number of rotatable bonds is 4. The number of carboxylic acids is 1. The van der Waals surface area contributed by atoms with Crippen molar-refractivity contribution in [2.24, 2.45) is 5.92 Å². The molecule has 0 spiro atoms. The predicted molar refractivity (Wildman–Crippen MR) is 65.3 cm³/mol. The third-order valence-corrected chi connectivity index (χ3v) is 3.59. The van der Waals surface area contributed by atoms with Crippen LogP contribution in [0.4, 0.5) is 5.88 Å². The smallest absolute Gasteiger partial charge is 0.371 e. The zero-order chi connectivity index (χ0) is 12.3. The van der Waals surface area contributed by atoms with Gasteiger partial charge in [0.1, 0.15) is 0 Å². The van der Waals surface area contributed by atoms with Crippen LogP contribution in [0.5, 0.6) is 0 Å². The predicted octanol–water partition coefficient (Wildman–Crippen LogP) is 3.36. The molecule has 0 atom stereocenters. The molecule has 1 fully saturated rings. The largest absolute Gasteiger partial charge is 0.475 e. The average Bonchev–Trinajstić information content (AvgIpc) is 2.79. The Kier molecular flexibility index (Phi) is 3.71. The first-order valence-corrected chi connectivity index (χ1v) is 6.28. The Morgan fingerprint density at radius 1 is 1.41 bits per heavy atom. The minimum absolute atomic E-state index is 0.00487. The van der Waals surface area contributed by atoms with Crippen LogP contribution in [0.1, 0.15) is 49.6 Å². The van der Waals surface area contributed by atoms with E-state index in [0.717, 1.165) is 18.8 Å². The zero-order valence-corrected chi connectivity index (χ0v) is 10.1. The topological polar surface area (TPSA) is 62.5 Å². The fraction of sp³-hybridized carbons (Fsp3) is 0.615. The molecule has 17 heavy (non-hydrogen) atoms. The van der Waals surface area contributed by atoms with Crippen LogP contribution in [-0.2, 0) is 0 Å². The third kappa shape index (κ3) is 3.02. The Hall–Kier alpha value is -1.45. The summed E-state index contributed by atoms with van der Waals surface area (Å²) in [5.41, 5.74) is 0. The van der Waals surface area contributed by atoms with Crippen molar-refractivity contribution in [2.45, 2.75) is 45.1 Å². The molecule has 4 nitrogen and oxygen atoms in total. The van der Waals surface area contributed by atoms with E-state index in [4.69, 9.17) is 9.52 Å². The molecule has 4 heteroatoms. The van der Waals surface area contributed by atoms with Gasteiger partial charge < -0.3 is 14.8 Å². The van der Waals surface area contributed by atoms with E-state index in [1.807, 2.05) is 0 Å². The molecule has 1 aromatic heterocycles. The Labute approximate surface area is 101 Å². The molecule has 0 saturated heterocycles. The molecule has 0 unspecified atom stereocenters. The highest BCUT2D eigenvalue weighted by Crippen LogP contribution is 2.28. The van der Waals surface area contributed by atoms with Crippen LogP contribution in [0.2, 0.25) is 0 Å². The Bertz CT molecular complexity index is 378. The number of hydrogen-bond acceptors (Lipinski definition) is 3. The molecule has 2 N–H and O–H groups in total. The summed E-state index contributed by atoms with van der Waals surface area (Å²) in [6, 6.07) is 3.60. The van der Waals surface area contributed by atoms with E-state index in [1.165, 1.54) is 25.3 Å². The lowest BCUT2D eigenvalue weighted by Crippen LogP contribution is -2.25. The summed E-state index contributed by atoms with van der Waals surface area (Å²) in [4.78, 5) is 10.7. The number of anilines is 1. The highest BCUT2D eigenvalue weighted by Gasteiger charge is 2.20. The maximum absolute atomic E-state index is 10.7. The van der Waals surface area contributed by atoms with E-state index in [-0.39, 0.29) is 5.76 Å². The summed E-state index contributed by atoms with van der Waals surface area (Å²) >= 11 is 0. The zero-order valence-electron chi connectivity index (χ0n) is 10.1. The van der Waals surface area contributed by atoms with Gasteiger partial charge in [0.05, 0.1) is 0 Å². The van der Waals surface area contributed by atoms with Gasteiger partial charge in [-0.1, -0.05) is 13.3 Å². The number of carboxylic acid groups (broad SMARTS) is 1. The second-order valence-corrected chi connectivity index (χ2v) is 4.74. The van der Waals surface area contributed by atoms with Crippen LogP contribution >= 0.6 is 0 Å². The van der Waals surface area contributed by atoms with E-state index < -0.39 is 5.97 Å². The number of nitrogens with one attached hydrogen (secondary N) is 1. The molecule has 2 rings (SSSR count). The number of furan rings is 1. The molecule has 0 aromatic carbocycles. The summed E-state index contributed by atoms with van der Waals surface area (Å²) in [7, 11) is 0. The molecule has 0 amide bonds. The quantitative estimate of drug-likeness (QED) is 0.842. The van der Waals surface area contributed by atoms with Crippen molar-refractivity contribution in [3.8, 4) is 0 Å². The molecule has 1 heterocycles. The van der Waals surface area contributed by atoms with Crippen LogP contribution in [0.3, 0.4) is 0 Å². The first kappa shape index (κ1) is 12.0. The Morgan fingerprint density at radius 3 is 2.65 bits per heavy atom. The molecular weight excluding hydrogens is 218 g/mol. The van der Waals surface area contributed by atoms with Gasteiger partial charge in [-0.15, -0.1) is 0 Å². The van der Waals surface area contributed by atoms with Crippen LogP contribution in [0.15, 0.2) is 16.5 Å².